The van der Waals surface area contributed by atoms with Crippen LogP contribution in [-0.2, 0) is 18.9 Å². The molecule has 4 aromatic carbocycles. The average molecular weight is 1440 g/mol. The maximum absolute atomic E-state index is 17.5. The number of hydrogen-bond donors (Lipinski definition) is 18. The molecule has 0 aliphatic carbocycles. The van der Waals surface area contributed by atoms with Crippen molar-refractivity contribution in [1.82, 2.24) is 39.9 Å². The van der Waals surface area contributed by atoms with Gasteiger partial charge in [0.1, 0.15) is 147 Å². The van der Waals surface area contributed by atoms with Gasteiger partial charge < -0.3 is 130 Å². The molecular formula is C56H46F12N8O24. The number of aliphatic hydroxyl groups is 16. The predicted molar refractivity (Wildman–Crippen MR) is 293 cm³/mol. The molecule has 8 bridgehead atoms. The zero-order chi connectivity index (χ0) is 72.2. The highest BCUT2D eigenvalue weighted by Gasteiger charge is 2.49. The second kappa shape index (κ2) is 26.0. The number of ether oxygens (including phenoxy) is 8. The molecule has 18 N–H and O–H groups in total. The molecule has 44 heteroatoms. The van der Waals surface area contributed by atoms with Crippen molar-refractivity contribution in [3.63, 3.8) is 0 Å². The van der Waals surface area contributed by atoms with Gasteiger partial charge in [-0.1, -0.05) is 0 Å². The van der Waals surface area contributed by atoms with E-state index in [-0.39, 0.29) is 0 Å². The predicted octanol–water partition coefficient (Wildman–Crippen LogP) is -2.75. The molecule has 3 aromatic heterocycles. The van der Waals surface area contributed by atoms with Crippen LogP contribution in [0.3, 0.4) is 0 Å². The van der Waals surface area contributed by atoms with E-state index in [4.69, 9.17) is 37.9 Å². The molecule has 7 aromatic rings. The molecule has 9 heterocycles. The minimum atomic E-state index is -2.40. The Bertz CT molecular complexity index is 4390. The summed E-state index contributed by atoms with van der Waals surface area (Å²) in [5, 5.41) is 158. The Balaban J connectivity index is 1.10. The van der Waals surface area contributed by atoms with Crippen LogP contribution < -0.4 is 18.9 Å². The molecule has 0 spiro atoms. The molecule has 0 saturated carbocycles. The van der Waals surface area contributed by atoms with Crippen molar-refractivity contribution in [2.24, 2.45) is 0 Å². The number of aromatic amines is 2. The van der Waals surface area contributed by atoms with Gasteiger partial charge in [0.05, 0.1) is 43.8 Å². The van der Waals surface area contributed by atoms with E-state index in [1.54, 1.807) is 0 Å². The second-order valence-corrected chi connectivity index (χ2v) is 23.1. The molecule has 0 amide bonds. The third-order valence-electron chi connectivity index (χ3n) is 17.0. The van der Waals surface area contributed by atoms with Crippen LogP contribution in [0.1, 0.15) is 0 Å². The minimum absolute atomic E-state index is 1.37. The normalized spacial score (nSPS) is 30.6. The second-order valence-electron chi connectivity index (χ2n) is 23.1. The number of H-pyrrole nitrogens is 2. The Hall–Kier alpha value is -8.20. The van der Waals surface area contributed by atoms with Crippen molar-refractivity contribution in [1.29, 1.82) is 0 Å². The van der Waals surface area contributed by atoms with Crippen LogP contribution in [0.25, 0.3) is 89.7 Å². The summed E-state index contributed by atoms with van der Waals surface area (Å²) in [6, 6.07) is 0. The molecular weight excluding hydrogens is 1400 g/mol. The minimum Gasteiger partial charge on any atom is -0.485 e. The van der Waals surface area contributed by atoms with Gasteiger partial charge in [0.2, 0.25) is 23.3 Å². The lowest BCUT2D eigenvalue weighted by Gasteiger charge is -2.38. The standard InChI is InChI=1S/C56H46F12N8O24/c57-17-9-13(21(61)41(25(17)65)93-1-5-29(77)33(81)37(85)53(89)97-5)49-69-45(9)74-50-15-11(19(59)27(67)43(23(15)63)95-3-7-31(79)35(83)39(87)55(91)99-7)47(71-50)76-52-16-12(20(60)28(68)44(24(16)64)96-4-8-32(80)36(84)40(88)56(92)100-8)48(72-52)75-51-14-10(46(70-51)73-49)18(58)26(66)42(22(14)62)94-2-6-30(78)34(82)38(86)54(90)98-6/h5-8,29-40,53-56,77-92H,1-4H2,(H2,69,70,71,72,73,74,75,76)/t5-,6-,7-,8-,29+,30+,31+,32+,33+,34+,35+,36+,37-,38-,39-,40-,53?,54?,55?,56?/m1/s1. The van der Waals surface area contributed by atoms with Gasteiger partial charge in [0.15, 0.2) is 118 Å². The van der Waals surface area contributed by atoms with Crippen LogP contribution in [0.15, 0.2) is 0 Å². The number of benzene rings is 4. The first-order chi connectivity index (χ1) is 47.2. The third kappa shape index (κ3) is 11.2. The van der Waals surface area contributed by atoms with Gasteiger partial charge in [-0.25, -0.2) is 65.0 Å². The average Bonchev–Trinajstić information content (AvgIpc) is 1.56. The number of nitrogens with one attached hydrogen (secondary N) is 2. The molecule has 4 unspecified atom stereocenters. The molecule has 538 valence electrons. The Morgan fingerprint density at radius 3 is 0.710 bits per heavy atom. The molecule has 32 nitrogen and oxygen atoms in total. The Labute approximate surface area is 542 Å². The number of nitrogens with zero attached hydrogens (tertiary/aromatic N) is 6. The first-order valence-corrected chi connectivity index (χ1v) is 28.9. The highest BCUT2D eigenvalue weighted by atomic mass is 19.2. The van der Waals surface area contributed by atoms with Crippen molar-refractivity contribution < 1.29 is 172 Å². The first-order valence-electron chi connectivity index (χ1n) is 28.9. The summed E-state index contributed by atoms with van der Waals surface area (Å²) in [6.07, 6.45) is -44.0. The Morgan fingerprint density at radius 2 is 0.460 bits per heavy atom. The SMILES string of the molecule is OC1O[C@H](COc2c(F)c(F)c3c(c2F)-c2nc-3nc3[nH]c(nc4nc(nc5[nH]c(n2)c2c(F)c(F)c(OC[C@H]6OC(O)[C@H](O)[C@@H](O)[C@H]6O)c(F)c52)-c2c(F)c(F)c(OC[C@H]5OC(O)[C@H](O)[C@@H](O)[C@H]5O)c(F)c2-4)c2c(F)c(F)c(OC[C@H]4OC(O)[C@H](O)[C@@H](O)[C@H]4O)c(F)c32)[C@H](O)[C@H](O)[C@H]1O. The van der Waals surface area contributed by atoms with Crippen LogP contribution in [0, 0.1) is 69.8 Å². The van der Waals surface area contributed by atoms with E-state index < -0.39 is 332 Å². The maximum atomic E-state index is 17.5. The quantitative estimate of drug-likeness (QED) is 0.0436. The monoisotopic (exact) mass is 1440 g/mol. The zero-order valence-corrected chi connectivity index (χ0v) is 49.0. The summed E-state index contributed by atoms with van der Waals surface area (Å²) < 4.78 is 246. The van der Waals surface area contributed by atoms with Gasteiger partial charge in [-0.15, -0.1) is 0 Å². The fourth-order valence-corrected chi connectivity index (χ4v) is 11.7. The van der Waals surface area contributed by atoms with E-state index in [1.807, 2.05) is 0 Å². The van der Waals surface area contributed by atoms with E-state index >= 15 is 52.7 Å². The van der Waals surface area contributed by atoms with Gasteiger partial charge in [0, 0.05) is 0 Å². The van der Waals surface area contributed by atoms with Crippen molar-refractivity contribution in [2.75, 3.05) is 26.4 Å². The number of fused-ring (bicyclic) bond motifs is 20. The summed E-state index contributed by atoms with van der Waals surface area (Å²) in [5.74, 6) is -40.9. The molecule has 4 saturated heterocycles. The molecule has 13 rings (SSSR count). The lowest BCUT2D eigenvalue weighted by atomic mass is 9.99. The molecule has 20 atom stereocenters. The number of aromatic nitrogens is 8. The van der Waals surface area contributed by atoms with Crippen LogP contribution in [0.4, 0.5) is 52.7 Å². The lowest BCUT2D eigenvalue weighted by Crippen LogP contribution is -2.58. The number of halogens is 12. The molecule has 0 radical (unpaired) electrons. The zero-order valence-electron chi connectivity index (χ0n) is 49.0. The molecule has 100 heavy (non-hydrogen) atoms. The smallest absolute Gasteiger partial charge is 0.204 e. The highest BCUT2D eigenvalue weighted by Crippen LogP contribution is 2.48. The topological polar surface area (TPSA) is 506 Å². The third-order valence-corrected chi connectivity index (χ3v) is 17.0. The molecule has 4 fully saturated rings. The van der Waals surface area contributed by atoms with Crippen LogP contribution in [0.2, 0.25) is 0 Å². The van der Waals surface area contributed by atoms with Crippen LogP contribution in [0.5, 0.6) is 23.0 Å². The summed E-state index contributed by atoms with van der Waals surface area (Å²) in [5.41, 5.74) is -11.8. The van der Waals surface area contributed by atoms with E-state index in [1.165, 1.54) is 0 Å². The number of rotatable bonds is 12. The van der Waals surface area contributed by atoms with Crippen LogP contribution >= 0.6 is 0 Å². The molecule has 6 aliphatic rings. The van der Waals surface area contributed by atoms with Crippen LogP contribution in [-0.4, -0.2) is 271 Å². The summed E-state index contributed by atoms with van der Waals surface area (Å²) in [6.45, 7) is -5.47. The largest absolute Gasteiger partial charge is 0.485 e. The van der Waals surface area contributed by atoms with Gasteiger partial charge in [-0.3, -0.25) is 0 Å². The van der Waals surface area contributed by atoms with E-state index in [2.05, 4.69) is 39.9 Å². The van der Waals surface area contributed by atoms with Gasteiger partial charge >= 0.3 is 0 Å². The fraction of sp³-hybridized carbons (Fsp3) is 0.429. The Morgan fingerprint density at radius 1 is 0.250 bits per heavy atom. The van der Waals surface area contributed by atoms with Crippen molar-refractivity contribution in [2.45, 2.75) is 123 Å². The lowest BCUT2D eigenvalue weighted by molar-refractivity contribution is -0.285. The van der Waals surface area contributed by atoms with E-state index in [0.717, 1.165) is 0 Å². The summed E-state index contributed by atoms with van der Waals surface area (Å²) >= 11 is 0. The van der Waals surface area contributed by atoms with Gasteiger partial charge in [0.25, 0.3) is 0 Å². The number of aliphatic hydroxyl groups excluding tert-OH is 16. The number of hydrogen-bond acceptors (Lipinski definition) is 30. The Kier molecular flexibility index (Phi) is 18.3. The first kappa shape index (κ1) is 70.2. The highest BCUT2D eigenvalue weighted by molar-refractivity contribution is 6.08. The van der Waals surface area contributed by atoms with Crippen molar-refractivity contribution >= 4 is 44.1 Å². The van der Waals surface area contributed by atoms with Gasteiger partial charge in [-0.05, 0) is 0 Å². The summed E-state index contributed by atoms with van der Waals surface area (Å²) in [4.78, 5) is 27.7. The summed E-state index contributed by atoms with van der Waals surface area (Å²) in [7, 11) is 0. The van der Waals surface area contributed by atoms with E-state index in [9.17, 15) is 81.7 Å². The maximum Gasteiger partial charge on any atom is 0.204 e. The van der Waals surface area contributed by atoms with Crippen molar-refractivity contribution in [3.8, 4) is 68.5 Å². The fourth-order valence-electron chi connectivity index (χ4n) is 11.7. The van der Waals surface area contributed by atoms with Crippen molar-refractivity contribution in [3.05, 3.63) is 69.8 Å². The molecule has 6 aliphatic heterocycles. The van der Waals surface area contributed by atoms with E-state index in [0.29, 0.717) is 0 Å². The van der Waals surface area contributed by atoms with Gasteiger partial charge in [-0.2, -0.15) is 17.6 Å².